The SMILES string of the molecule is O=C1CC23CCCCC2C1C3. The minimum atomic E-state index is 0.523. The largest absolute Gasteiger partial charge is 0.299 e. The molecule has 3 atom stereocenters. The monoisotopic (exact) mass is 150 g/mol. The van der Waals surface area contributed by atoms with Crippen LogP contribution in [-0.2, 0) is 4.79 Å². The van der Waals surface area contributed by atoms with Gasteiger partial charge in [0.2, 0.25) is 0 Å². The van der Waals surface area contributed by atoms with Gasteiger partial charge < -0.3 is 0 Å². The minimum Gasteiger partial charge on any atom is -0.299 e. The van der Waals surface area contributed by atoms with Gasteiger partial charge >= 0.3 is 0 Å². The van der Waals surface area contributed by atoms with Gasteiger partial charge in [-0.1, -0.05) is 12.8 Å². The Kier molecular flexibility index (Phi) is 0.961. The molecule has 0 radical (unpaired) electrons. The average molecular weight is 150 g/mol. The zero-order valence-corrected chi connectivity index (χ0v) is 6.81. The molecule has 4 aliphatic carbocycles. The van der Waals surface area contributed by atoms with E-state index in [1.54, 1.807) is 0 Å². The van der Waals surface area contributed by atoms with Crippen LogP contribution in [0.25, 0.3) is 0 Å². The molecule has 0 saturated heterocycles. The summed E-state index contributed by atoms with van der Waals surface area (Å²) in [6.07, 6.45) is 7.70. The third-order valence-electron chi connectivity index (χ3n) is 4.28. The van der Waals surface area contributed by atoms with E-state index in [2.05, 4.69) is 0 Å². The van der Waals surface area contributed by atoms with Crippen LogP contribution in [0.5, 0.6) is 0 Å². The average Bonchev–Trinajstić information content (AvgIpc) is 2.38. The molecular formula is C10H14O. The van der Waals surface area contributed by atoms with E-state index < -0.39 is 0 Å². The number of Topliss-reactive ketones (excluding diaryl/α,β-unsaturated/α-hetero) is 1. The second-order valence-electron chi connectivity index (χ2n) is 4.67. The minimum absolute atomic E-state index is 0.523. The van der Waals surface area contributed by atoms with E-state index in [1.165, 1.54) is 32.1 Å². The van der Waals surface area contributed by atoms with E-state index >= 15 is 0 Å². The van der Waals surface area contributed by atoms with Crippen molar-refractivity contribution in [3.8, 4) is 0 Å². The first-order valence-corrected chi connectivity index (χ1v) is 4.85. The van der Waals surface area contributed by atoms with E-state index in [9.17, 15) is 4.79 Å². The van der Waals surface area contributed by atoms with Gasteiger partial charge in [0.05, 0.1) is 0 Å². The molecule has 11 heavy (non-hydrogen) atoms. The van der Waals surface area contributed by atoms with Crippen LogP contribution < -0.4 is 0 Å². The standard InChI is InChI=1S/C10H14O/c11-9-6-10-4-2-1-3-8(10)7(9)5-10/h7-8H,1-6H2. The molecule has 0 aliphatic heterocycles. The summed E-state index contributed by atoms with van der Waals surface area (Å²) >= 11 is 0. The second-order valence-corrected chi connectivity index (χ2v) is 4.67. The third-order valence-corrected chi connectivity index (χ3v) is 4.28. The Balaban J connectivity index is 1.95. The highest BCUT2D eigenvalue weighted by Gasteiger charge is 2.63. The molecule has 4 saturated carbocycles. The van der Waals surface area contributed by atoms with Gasteiger partial charge in [-0.3, -0.25) is 4.79 Å². The van der Waals surface area contributed by atoms with E-state index in [1.807, 2.05) is 0 Å². The molecule has 0 aromatic heterocycles. The lowest BCUT2D eigenvalue weighted by Gasteiger charge is -2.49. The van der Waals surface area contributed by atoms with Crippen LogP contribution in [0.1, 0.15) is 38.5 Å². The van der Waals surface area contributed by atoms with Crippen molar-refractivity contribution in [3.63, 3.8) is 0 Å². The summed E-state index contributed by atoms with van der Waals surface area (Å²) in [6, 6.07) is 0. The number of hydrogen-bond donors (Lipinski definition) is 0. The molecule has 1 nitrogen and oxygen atoms in total. The summed E-state index contributed by atoms with van der Waals surface area (Å²) in [4.78, 5) is 11.4. The maximum Gasteiger partial charge on any atom is 0.136 e. The quantitative estimate of drug-likeness (QED) is 0.517. The van der Waals surface area contributed by atoms with Crippen molar-refractivity contribution in [2.45, 2.75) is 38.5 Å². The third kappa shape index (κ3) is 0.567. The predicted octanol–water partition coefficient (Wildman–Crippen LogP) is 2.16. The lowest BCUT2D eigenvalue weighted by atomic mass is 9.54. The molecule has 4 rings (SSSR count). The van der Waals surface area contributed by atoms with Gasteiger partial charge in [-0.05, 0) is 30.6 Å². The van der Waals surface area contributed by atoms with Crippen LogP contribution in [0, 0.1) is 17.3 Å². The van der Waals surface area contributed by atoms with Gasteiger partial charge in [0.1, 0.15) is 5.78 Å². The first-order chi connectivity index (χ1) is 5.32. The molecule has 0 amide bonds. The van der Waals surface area contributed by atoms with Crippen LogP contribution in [-0.4, -0.2) is 5.78 Å². The molecule has 0 aromatic carbocycles. The molecule has 1 spiro atoms. The molecule has 60 valence electrons. The molecule has 3 unspecified atom stereocenters. The van der Waals surface area contributed by atoms with Gasteiger partial charge in [0.25, 0.3) is 0 Å². The van der Waals surface area contributed by atoms with Crippen LogP contribution in [0.4, 0.5) is 0 Å². The second kappa shape index (κ2) is 1.70. The molecule has 4 aliphatic rings. The van der Waals surface area contributed by atoms with Crippen molar-refractivity contribution in [3.05, 3.63) is 0 Å². The van der Waals surface area contributed by atoms with Crippen LogP contribution in [0.15, 0.2) is 0 Å². The van der Waals surface area contributed by atoms with E-state index in [0.717, 1.165) is 12.3 Å². The fraction of sp³-hybridized carbons (Fsp3) is 0.900. The number of rotatable bonds is 0. The smallest absolute Gasteiger partial charge is 0.136 e. The number of carbonyl (C=O) groups is 1. The lowest BCUT2D eigenvalue weighted by Crippen LogP contribution is -2.42. The highest BCUT2D eigenvalue weighted by molar-refractivity contribution is 5.88. The molecule has 4 fully saturated rings. The summed E-state index contributed by atoms with van der Waals surface area (Å²) < 4.78 is 0. The zero-order valence-electron chi connectivity index (χ0n) is 6.81. The maximum atomic E-state index is 11.4. The van der Waals surface area contributed by atoms with Gasteiger partial charge in [0.15, 0.2) is 0 Å². The summed E-state index contributed by atoms with van der Waals surface area (Å²) in [6.45, 7) is 0. The Bertz CT molecular complexity index is 221. The van der Waals surface area contributed by atoms with Gasteiger partial charge in [-0.2, -0.15) is 0 Å². The van der Waals surface area contributed by atoms with Gasteiger partial charge in [-0.25, -0.2) is 0 Å². The van der Waals surface area contributed by atoms with Crippen molar-refractivity contribution in [2.75, 3.05) is 0 Å². The highest BCUT2D eigenvalue weighted by atomic mass is 16.1. The summed E-state index contributed by atoms with van der Waals surface area (Å²) in [7, 11) is 0. The van der Waals surface area contributed by atoms with Crippen LogP contribution in [0.2, 0.25) is 0 Å². The van der Waals surface area contributed by atoms with Crippen LogP contribution >= 0.6 is 0 Å². The van der Waals surface area contributed by atoms with E-state index in [0.29, 0.717) is 17.1 Å². The number of carbonyl (C=O) groups excluding carboxylic acids is 1. The first kappa shape index (κ1) is 6.22. The normalized spacial score (nSPS) is 53.6. The van der Waals surface area contributed by atoms with Crippen molar-refractivity contribution in [2.24, 2.45) is 17.3 Å². The molecule has 0 aromatic rings. The Morgan fingerprint density at radius 2 is 2.27 bits per heavy atom. The van der Waals surface area contributed by atoms with Crippen molar-refractivity contribution in [1.82, 2.24) is 0 Å². The lowest BCUT2D eigenvalue weighted by molar-refractivity contribution is -0.122. The first-order valence-electron chi connectivity index (χ1n) is 4.85. The molecule has 2 bridgehead atoms. The Morgan fingerprint density at radius 3 is 3.00 bits per heavy atom. The number of hydrogen-bond acceptors (Lipinski definition) is 1. The molecule has 0 N–H and O–H groups in total. The van der Waals surface area contributed by atoms with Crippen molar-refractivity contribution >= 4 is 5.78 Å². The molecule has 1 heteroatoms. The fourth-order valence-electron chi connectivity index (χ4n) is 3.74. The highest BCUT2D eigenvalue weighted by Crippen LogP contribution is 2.66. The van der Waals surface area contributed by atoms with Crippen molar-refractivity contribution in [1.29, 1.82) is 0 Å². The molecular weight excluding hydrogens is 136 g/mol. The summed E-state index contributed by atoms with van der Waals surface area (Å²) in [5.74, 6) is 1.95. The van der Waals surface area contributed by atoms with Gasteiger partial charge in [-0.15, -0.1) is 0 Å². The number of fused-ring (bicyclic) bond motifs is 1. The Labute approximate surface area is 67.2 Å². The maximum absolute atomic E-state index is 11.4. The summed E-state index contributed by atoms with van der Waals surface area (Å²) in [5.41, 5.74) is 0.556. The van der Waals surface area contributed by atoms with E-state index in [4.69, 9.17) is 0 Å². The van der Waals surface area contributed by atoms with Crippen molar-refractivity contribution < 1.29 is 4.79 Å². The Morgan fingerprint density at radius 1 is 1.36 bits per heavy atom. The zero-order chi connectivity index (χ0) is 7.47. The number of ketones is 1. The molecule has 0 heterocycles. The Hall–Kier alpha value is -0.330. The van der Waals surface area contributed by atoms with Gasteiger partial charge in [0, 0.05) is 12.3 Å². The van der Waals surface area contributed by atoms with E-state index in [-0.39, 0.29) is 0 Å². The fourth-order valence-corrected chi connectivity index (χ4v) is 3.74. The topological polar surface area (TPSA) is 17.1 Å². The summed E-state index contributed by atoms with van der Waals surface area (Å²) in [5, 5.41) is 0. The predicted molar refractivity (Wildman–Crippen MR) is 42.1 cm³/mol. The van der Waals surface area contributed by atoms with Crippen LogP contribution in [0.3, 0.4) is 0 Å².